The van der Waals surface area contributed by atoms with Crippen molar-refractivity contribution in [3.05, 3.63) is 40.6 Å². The largest absolute Gasteiger partial charge is 0.486 e. The van der Waals surface area contributed by atoms with Gasteiger partial charge in [-0.15, -0.1) is 0 Å². The van der Waals surface area contributed by atoms with E-state index in [9.17, 15) is 9.90 Å². The topological polar surface area (TPSA) is 68.2 Å². The Kier molecular flexibility index (Phi) is 4.50. The number of likely N-dealkylation sites (tertiary alicyclic amines) is 1. The Morgan fingerprint density at radius 3 is 2.96 bits per heavy atom. The highest BCUT2D eigenvalue weighted by Gasteiger charge is 2.33. The second kappa shape index (κ2) is 6.93. The molecule has 2 aromatic rings. The van der Waals surface area contributed by atoms with Crippen LogP contribution in [0.1, 0.15) is 16.8 Å². The Hall–Kier alpha value is -2.25. The first-order valence-electron chi connectivity index (χ1n) is 8.27. The summed E-state index contributed by atoms with van der Waals surface area (Å²) in [5.41, 5.74) is 0.666. The van der Waals surface area contributed by atoms with E-state index >= 15 is 0 Å². The minimum absolute atomic E-state index is 0.0485. The molecule has 2 aliphatic rings. The summed E-state index contributed by atoms with van der Waals surface area (Å²) in [7, 11) is 0. The third-order valence-corrected chi connectivity index (χ3v) is 5.07. The van der Waals surface area contributed by atoms with Gasteiger partial charge in [0.1, 0.15) is 25.4 Å². The molecule has 0 radical (unpaired) electrons. The Bertz CT molecular complexity index is 748. The van der Waals surface area contributed by atoms with Gasteiger partial charge in [0.15, 0.2) is 11.5 Å². The van der Waals surface area contributed by atoms with E-state index in [0.717, 1.165) is 0 Å². The summed E-state index contributed by atoms with van der Waals surface area (Å²) in [4.78, 5) is 14.1. The number of rotatable bonds is 3. The van der Waals surface area contributed by atoms with E-state index < -0.39 is 6.10 Å². The molecule has 2 atom stereocenters. The molecular formula is C18H19NO5S. The molecule has 1 aromatic heterocycles. The lowest BCUT2D eigenvalue weighted by Crippen LogP contribution is -2.51. The van der Waals surface area contributed by atoms with Crippen LogP contribution in [0.15, 0.2) is 35.0 Å². The van der Waals surface area contributed by atoms with Crippen molar-refractivity contribution in [2.24, 2.45) is 0 Å². The van der Waals surface area contributed by atoms with Crippen LogP contribution in [0.4, 0.5) is 0 Å². The van der Waals surface area contributed by atoms with E-state index in [4.69, 9.17) is 14.2 Å². The number of para-hydroxylation sites is 1. The third-order valence-electron chi connectivity index (χ3n) is 4.38. The molecule has 2 aliphatic heterocycles. The smallest absolute Gasteiger partial charge is 0.254 e. The number of amides is 1. The van der Waals surface area contributed by atoms with Crippen LogP contribution >= 0.6 is 11.3 Å². The third kappa shape index (κ3) is 3.29. The highest BCUT2D eigenvalue weighted by atomic mass is 32.1. The molecule has 0 saturated carbocycles. The van der Waals surface area contributed by atoms with Gasteiger partial charge < -0.3 is 24.2 Å². The van der Waals surface area contributed by atoms with Crippen molar-refractivity contribution < 1.29 is 24.1 Å². The number of fused-ring (bicyclic) bond motifs is 1. The zero-order chi connectivity index (χ0) is 17.2. The number of nitrogens with zero attached hydrogens (tertiary/aromatic N) is 1. The molecule has 1 amide bonds. The van der Waals surface area contributed by atoms with Gasteiger partial charge in [-0.25, -0.2) is 0 Å². The number of piperidine rings is 1. The van der Waals surface area contributed by atoms with E-state index in [0.29, 0.717) is 49.0 Å². The van der Waals surface area contributed by atoms with Crippen molar-refractivity contribution >= 4 is 17.2 Å². The predicted molar refractivity (Wildman–Crippen MR) is 92.7 cm³/mol. The molecule has 1 saturated heterocycles. The number of β-amino-alcohol motifs (C(OH)–C–C–N with tert-alkyl or cyclic N) is 1. The van der Waals surface area contributed by atoms with Gasteiger partial charge in [-0.05, 0) is 23.6 Å². The molecule has 1 N–H and O–H groups in total. The molecule has 25 heavy (non-hydrogen) atoms. The predicted octanol–water partition coefficient (Wildman–Crippen LogP) is 2.17. The summed E-state index contributed by atoms with van der Waals surface area (Å²) >= 11 is 1.49. The number of ether oxygens (including phenoxy) is 3. The molecule has 6 nitrogen and oxygen atoms in total. The molecule has 3 heterocycles. The van der Waals surface area contributed by atoms with E-state index in [2.05, 4.69) is 0 Å². The van der Waals surface area contributed by atoms with Crippen molar-refractivity contribution in [1.82, 2.24) is 4.90 Å². The van der Waals surface area contributed by atoms with Crippen LogP contribution in [-0.2, 0) is 0 Å². The number of hydrogen-bond donors (Lipinski definition) is 1. The fraction of sp³-hybridized carbons (Fsp3) is 0.389. The van der Waals surface area contributed by atoms with Gasteiger partial charge in [-0.3, -0.25) is 4.79 Å². The highest BCUT2D eigenvalue weighted by molar-refractivity contribution is 7.08. The first-order chi connectivity index (χ1) is 12.2. The number of aliphatic hydroxyl groups excluding tert-OH is 1. The summed E-state index contributed by atoms with van der Waals surface area (Å²) in [5, 5.41) is 14.2. The SMILES string of the molecule is O=C(c1ccsc1)N1CC[C@@H](Oc2cccc3c2OCCO3)[C@H](O)C1. The van der Waals surface area contributed by atoms with Crippen molar-refractivity contribution in [1.29, 1.82) is 0 Å². The van der Waals surface area contributed by atoms with Gasteiger partial charge in [-0.1, -0.05) is 6.07 Å². The average Bonchev–Trinajstić information content (AvgIpc) is 3.18. The molecular weight excluding hydrogens is 342 g/mol. The van der Waals surface area contributed by atoms with Crippen LogP contribution in [0.5, 0.6) is 17.2 Å². The van der Waals surface area contributed by atoms with Gasteiger partial charge in [-0.2, -0.15) is 11.3 Å². The van der Waals surface area contributed by atoms with E-state index in [1.54, 1.807) is 11.0 Å². The van der Waals surface area contributed by atoms with Gasteiger partial charge in [0.2, 0.25) is 5.75 Å². The Morgan fingerprint density at radius 2 is 2.16 bits per heavy atom. The normalized spacial score (nSPS) is 22.5. The zero-order valence-corrected chi connectivity index (χ0v) is 14.4. The van der Waals surface area contributed by atoms with Gasteiger partial charge in [0.05, 0.1) is 12.1 Å². The van der Waals surface area contributed by atoms with Crippen LogP contribution in [-0.4, -0.2) is 54.4 Å². The summed E-state index contributed by atoms with van der Waals surface area (Å²) in [5.74, 6) is 1.76. The summed E-state index contributed by atoms with van der Waals surface area (Å²) in [6.07, 6.45) is -0.582. The first-order valence-corrected chi connectivity index (χ1v) is 9.21. The van der Waals surface area contributed by atoms with Crippen molar-refractivity contribution in [2.75, 3.05) is 26.3 Å². The van der Waals surface area contributed by atoms with Gasteiger partial charge >= 0.3 is 0 Å². The minimum atomic E-state index is -0.753. The molecule has 1 fully saturated rings. The van der Waals surface area contributed by atoms with Gasteiger partial charge in [0, 0.05) is 18.3 Å². The summed E-state index contributed by atoms with van der Waals surface area (Å²) in [6, 6.07) is 7.28. The van der Waals surface area contributed by atoms with Crippen molar-refractivity contribution in [3.63, 3.8) is 0 Å². The molecule has 0 unspecified atom stereocenters. The van der Waals surface area contributed by atoms with Crippen LogP contribution in [0.3, 0.4) is 0 Å². The van der Waals surface area contributed by atoms with E-state index in [-0.39, 0.29) is 18.6 Å². The van der Waals surface area contributed by atoms with E-state index in [1.807, 2.05) is 29.0 Å². The second-order valence-electron chi connectivity index (χ2n) is 6.06. The molecule has 4 rings (SSSR count). The van der Waals surface area contributed by atoms with Crippen LogP contribution < -0.4 is 14.2 Å². The average molecular weight is 361 g/mol. The molecule has 132 valence electrons. The lowest BCUT2D eigenvalue weighted by atomic mass is 10.0. The first kappa shape index (κ1) is 16.2. The maximum atomic E-state index is 12.4. The summed E-state index contributed by atoms with van der Waals surface area (Å²) < 4.78 is 17.2. The number of carbonyl (C=O) groups excluding carboxylic acids is 1. The number of aliphatic hydroxyl groups is 1. The zero-order valence-electron chi connectivity index (χ0n) is 13.6. The number of thiophene rings is 1. The fourth-order valence-corrected chi connectivity index (χ4v) is 3.73. The molecule has 0 aliphatic carbocycles. The van der Waals surface area contributed by atoms with Crippen LogP contribution in [0.25, 0.3) is 0 Å². The van der Waals surface area contributed by atoms with E-state index in [1.165, 1.54) is 11.3 Å². The fourth-order valence-electron chi connectivity index (χ4n) is 3.10. The molecule has 1 aromatic carbocycles. The molecule has 0 spiro atoms. The van der Waals surface area contributed by atoms with Crippen LogP contribution in [0, 0.1) is 0 Å². The molecule has 0 bridgehead atoms. The lowest BCUT2D eigenvalue weighted by molar-refractivity contribution is -0.0214. The lowest BCUT2D eigenvalue weighted by Gasteiger charge is -2.36. The Morgan fingerprint density at radius 1 is 1.28 bits per heavy atom. The summed E-state index contributed by atoms with van der Waals surface area (Å²) in [6.45, 7) is 1.79. The number of hydrogen-bond acceptors (Lipinski definition) is 6. The van der Waals surface area contributed by atoms with Crippen molar-refractivity contribution in [2.45, 2.75) is 18.6 Å². The monoisotopic (exact) mass is 361 g/mol. The minimum Gasteiger partial charge on any atom is -0.486 e. The standard InChI is InChI=1S/C18H19NO5S/c20-13-10-19(18(21)12-5-9-25-11-12)6-4-14(13)24-16-3-1-2-15-17(16)23-8-7-22-15/h1-3,5,9,11,13-14,20H,4,6-8,10H2/t13-,14-/m1/s1. The maximum Gasteiger partial charge on any atom is 0.254 e. The maximum absolute atomic E-state index is 12.4. The highest BCUT2D eigenvalue weighted by Crippen LogP contribution is 2.40. The quantitative estimate of drug-likeness (QED) is 0.908. The Balaban J connectivity index is 1.43. The Labute approximate surface area is 149 Å². The molecule has 7 heteroatoms. The van der Waals surface area contributed by atoms with Gasteiger partial charge in [0.25, 0.3) is 5.91 Å². The number of benzene rings is 1. The second-order valence-corrected chi connectivity index (χ2v) is 6.84. The van der Waals surface area contributed by atoms with Crippen LogP contribution in [0.2, 0.25) is 0 Å². The number of carbonyl (C=O) groups is 1. The van der Waals surface area contributed by atoms with Crippen molar-refractivity contribution in [3.8, 4) is 17.2 Å².